The monoisotopic (exact) mass is 385 g/mol. The molecule has 2 saturated carbocycles. The van der Waals surface area contributed by atoms with Crippen LogP contribution in [0.5, 0.6) is 0 Å². The predicted molar refractivity (Wildman–Crippen MR) is 110 cm³/mol. The molecule has 0 aromatic heterocycles. The number of carbonyl (C=O) groups is 1. The van der Waals surface area contributed by atoms with Crippen LogP contribution in [0.1, 0.15) is 62.7 Å². The van der Waals surface area contributed by atoms with Crippen molar-refractivity contribution in [2.75, 3.05) is 18.0 Å². The molecule has 1 aliphatic heterocycles. The fourth-order valence-corrected chi connectivity index (χ4v) is 5.79. The standard InChI is InChI=1S/C22H31N3O3/c1-14-4-3-9-24(13-14)20-8-7-18(12-21(20)25(27)28)22(26)23-15(2)19-11-16-5-6-17(19)10-16/h7-8,12,14-17,19H,3-6,9-11,13H2,1-2H3,(H,23,26)/t14-,15+,16+,17+,19-/m1/s1. The molecule has 0 spiro atoms. The average Bonchev–Trinajstić information content (AvgIpc) is 3.31. The largest absolute Gasteiger partial charge is 0.366 e. The first kappa shape index (κ1) is 19.2. The van der Waals surface area contributed by atoms with Crippen molar-refractivity contribution >= 4 is 17.3 Å². The van der Waals surface area contributed by atoms with Crippen LogP contribution in [0.2, 0.25) is 0 Å². The summed E-state index contributed by atoms with van der Waals surface area (Å²) in [6, 6.07) is 5.07. The minimum atomic E-state index is -0.356. The van der Waals surface area contributed by atoms with Gasteiger partial charge in [-0.3, -0.25) is 14.9 Å². The number of piperidine rings is 1. The van der Waals surface area contributed by atoms with Gasteiger partial charge in [0.1, 0.15) is 5.69 Å². The molecule has 1 saturated heterocycles. The number of anilines is 1. The molecule has 2 aliphatic carbocycles. The van der Waals surface area contributed by atoms with E-state index in [0.29, 0.717) is 23.1 Å². The Morgan fingerprint density at radius 1 is 1.29 bits per heavy atom. The fraction of sp³-hybridized carbons (Fsp3) is 0.682. The number of fused-ring (bicyclic) bond motifs is 2. The summed E-state index contributed by atoms with van der Waals surface area (Å²) < 4.78 is 0. The minimum Gasteiger partial charge on any atom is -0.366 e. The zero-order chi connectivity index (χ0) is 19.8. The number of nitro benzene ring substituents is 1. The van der Waals surface area contributed by atoms with E-state index in [1.807, 2.05) is 0 Å². The van der Waals surface area contributed by atoms with Gasteiger partial charge in [0.25, 0.3) is 11.6 Å². The lowest BCUT2D eigenvalue weighted by molar-refractivity contribution is -0.384. The molecule has 1 heterocycles. The highest BCUT2D eigenvalue weighted by Gasteiger charge is 2.42. The van der Waals surface area contributed by atoms with E-state index in [1.165, 1.54) is 31.7 Å². The summed E-state index contributed by atoms with van der Waals surface area (Å²) in [6.07, 6.45) is 7.33. The second-order valence-corrected chi connectivity index (χ2v) is 9.25. The highest BCUT2D eigenvalue weighted by Crippen LogP contribution is 2.49. The van der Waals surface area contributed by atoms with E-state index in [-0.39, 0.29) is 22.6 Å². The highest BCUT2D eigenvalue weighted by molar-refractivity contribution is 5.96. The Kier molecular flexibility index (Phi) is 5.30. The van der Waals surface area contributed by atoms with Crippen LogP contribution in [0.3, 0.4) is 0 Å². The SMILES string of the molecule is C[C@@H]1CCCN(c2ccc(C(=O)N[C@@H](C)[C@H]3C[C@H]4CC[C@H]3C4)cc2[N+](=O)[O-])C1. The number of benzene rings is 1. The van der Waals surface area contributed by atoms with Gasteiger partial charge in [-0.2, -0.15) is 0 Å². The molecule has 0 unspecified atom stereocenters. The topological polar surface area (TPSA) is 75.5 Å². The Morgan fingerprint density at radius 3 is 2.75 bits per heavy atom. The van der Waals surface area contributed by atoms with Crippen molar-refractivity contribution in [3.8, 4) is 0 Å². The van der Waals surface area contributed by atoms with Crippen LogP contribution in [0, 0.1) is 33.8 Å². The maximum Gasteiger partial charge on any atom is 0.293 e. The summed E-state index contributed by atoms with van der Waals surface area (Å²) in [7, 11) is 0. The van der Waals surface area contributed by atoms with Crippen LogP contribution in [0.4, 0.5) is 11.4 Å². The van der Waals surface area contributed by atoms with Crippen LogP contribution in [0.15, 0.2) is 18.2 Å². The number of nitro groups is 1. The average molecular weight is 386 g/mol. The van der Waals surface area contributed by atoms with Crippen molar-refractivity contribution in [3.63, 3.8) is 0 Å². The molecule has 1 amide bonds. The van der Waals surface area contributed by atoms with Crippen molar-refractivity contribution in [1.29, 1.82) is 0 Å². The molecular weight excluding hydrogens is 354 g/mol. The molecule has 1 N–H and O–H groups in total. The molecule has 4 rings (SSSR count). The van der Waals surface area contributed by atoms with Gasteiger partial charge in [-0.1, -0.05) is 13.3 Å². The summed E-state index contributed by atoms with van der Waals surface area (Å²) in [5.74, 6) is 2.45. The van der Waals surface area contributed by atoms with Gasteiger partial charge in [-0.15, -0.1) is 0 Å². The van der Waals surface area contributed by atoms with Crippen molar-refractivity contribution in [3.05, 3.63) is 33.9 Å². The molecule has 1 aromatic carbocycles. The van der Waals surface area contributed by atoms with Gasteiger partial charge in [0.05, 0.1) is 4.92 Å². The quantitative estimate of drug-likeness (QED) is 0.603. The summed E-state index contributed by atoms with van der Waals surface area (Å²) in [5.41, 5.74) is 1.05. The van der Waals surface area contributed by atoms with E-state index >= 15 is 0 Å². The summed E-state index contributed by atoms with van der Waals surface area (Å²) in [6.45, 7) is 5.92. The van der Waals surface area contributed by atoms with Gasteiger partial charge in [0.15, 0.2) is 0 Å². The third-order valence-corrected chi connectivity index (χ3v) is 7.23. The Balaban J connectivity index is 1.49. The number of carbonyl (C=O) groups excluding carboxylic acids is 1. The van der Waals surface area contributed by atoms with Gasteiger partial charge in [-0.25, -0.2) is 0 Å². The van der Waals surface area contributed by atoms with Crippen LogP contribution < -0.4 is 10.2 Å². The first-order valence-corrected chi connectivity index (χ1v) is 10.8. The van der Waals surface area contributed by atoms with Crippen molar-refractivity contribution < 1.29 is 9.72 Å². The Hall–Kier alpha value is -2.11. The van der Waals surface area contributed by atoms with Gasteiger partial charge >= 0.3 is 0 Å². The van der Waals surface area contributed by atoms with E-state index in [4.69, 9.17) is 0 Å². The van der Waals surface area contributed by atoms with Crippen molar-refractivity contribution in [2.45, 2.75) is 58.4 Å². The molecule has 2 bridgehead atoms. The Morgan fingerprint density at radius 2 is 2.11 bits per heavy atom. The summed E-state index contributed by atoms with van der Waals surface area (Å²) >= 11 is 0. The van der Waals surface area contributed by atoms with Crippen molar-refractivity contribution in [2.24, 2.45) is 23.7 Å². The number of nitrogens with zero attached hydrogens (tertiary/aromatic N) is 2. The molecule has 3 fully saturated rings. The highest BCUT2D eigenvalue weighted by atomic mass is 16.6. The maximum absolute atomic E-state index is 12.8. The lowest BCUT2D eigenvalue weighted by Gasteiger charge is -2.32. The zero-order valence-corrected chi connectivity index (χ0v) is 16.9. The molecule has 28 heavy (non-hydrogen) atoms. The minimum absolute atomic E-state index is 0.0364. The molecule has 1 aromatic rings. The second kappa shape index (κ2) is 7.72. The number of nitrogens with one attached hydrogen (secondary N) is 1. The Bertz CT molecular complexity index is 765. The van der Waals surface area contributed by atoms with Gasteiger partial charge in [0.2, 0.25) is 0 Å². The molecule has 3 aliphatic rings. The molecule has 5 atom stereocenters. The number of amides is 1. The lowest BCUT2D eigenvalue weighted by atomic mass is 9.84. The van der Waals surface area contributed by atoms with E-state index in [2.05, 4.69) is 24.1 Å². The molecule has 6 nitrogen and oxygen atoms in total. The second-order valence-electron chi connectivity index (χ2n) is 9.25. The van der Waals surface area contributed by atoms with Gasteiger partial charge in [0, 0.05) is 30.8 Å². The first-order chi connectivity index (χ1) is 13.4. The summed E-state index contributed by atoms with van der Waals surface area (Å²) in [5, 5.41) is 14.8. The number of hydrogen-bond acceptors (Lipinski definition) is 4. The third-order valence-electron chi connectivity index (χ3n) is 7.23. The van der Waals surface area contributed by atoms with E-state index < -0.39 is 0 Å². The maximum atomic E-state index is 12.8. The molecule has 6 heteroatoms. The fourth-order valence-electron chi connectivity index (χ4n) is 5.79. The van der Waals surface area contributed by atoms with Crippen LogP contribution in [0.25, 0.3) is 0 Å². The van der Waals surface area contributed by atoms with Crippen LogP contribution in [-0.2, 0) is 0 Å². The van der Waals surface area contributed by atoms with Gasteiger partial charge < -0.3 is 10.2 Å². The van der Waals surface area contributed by atoms with Crippen molar-refractivity contribution in [1.82, 2.24) is 5.32 Å². The molecule has 152 valence electrons. The smallest absolute Gasteiger partial charge is 0.293 e. The third kappa shape index (κ3) is 3.74. The van der Waals surface area contributed by atoms with Crippen LogP contribution in [-0.4, -0.2) is 30.0 Å². The summed E-state index contributed by atoms with van der Waals surface area (Å²) in [4.78, 5) is 26.2. The van der Waals surface area contributed by atoms with Gasteiger partial charge in [-0.05, 0) is 74.8 Å². The predicted octanol–water partition coefficient (Wildman–Crippen LogP) is 4.39. The van der Waals surface area contributed by atoms with Crippen LogP contribution >= 0.6 is 0 Å². The van der Waals surface area contributed by atoms with E-state index in [9.17, 15) is 14.9 Å². The number of hydrogen-bond donors (Lipinski definition) is 1. The Labute approximate surface area is 166 Å². The normalized spacial score (nSPS) is 30.3. The first-order valence-electron chi connectivity index (χ1n) is 10.8. The lowest BCUT2D eigenvalue weighted by Crippen LogP contribution is -2.40. The molecule has 0 radical (unpaired) electrons. The van der Waals surface area contributed by atoms with E-state index in [1.54, 1.807) is 12.1 Å². The number of rotatable bonds is 5. The van der Waals surface area contributed by atoms with E-state index in [0.717, 1.165) is 37.8 Å². The zero-order valence-electron chi connectivity index (χ0n) is 16.9. The molecular formula is C22H31N3O3.